The molecule has 0 unspecified atom stereocenters. The molecule has 2 aromatic heterocycles. The highest BCUT2D eigenvalue weighted by Gasteiger charge is 2.26. The molecule has 0 saturated carbocycles. The lowest BCUT2D eigenvalue weighted by atomic mass is 9.95. The van der Waals surface area contributed by atoms with Gasteiger partial charge in [-0.15, -0.1) is 0 Å². The number of nitrogens with zero attached hydrogens (tertiary/aromatic N) is 2. The van der Waals surface area contributed by atoms with E-state index in [9.17, 15) is 0 Å². The van der Waals surface area contributed by atoms with Crippen molar-refractivity contribution >= 4 is 38.4 Å². The second kappa shape index (κ2) is 6.17. The lowest BCUT2D eigenvalue weighted by molar-refractivity contribution is 1.23. The van der Waals surface area contributed by atoms with Crippen LogP contribution in [0.2, 0.25) is 0 Å². The molecule has 35 heavy (non-hydrogen) atoms. The topological polar surface area (TPSA) is 17.3 Å². The van der Waals surface area contributed by atoms with Gasteiger partial charge in [0.15, 0.2) is 0 Å². The fourth-order valence-corrected chi connectivity index (χ4v) is 6.69. The SMILES string of the molecule is c1ccc2c(c1)Cc1cc3c(cc1-2)c1ccc2c(c1n1c4ccccc4nc31)Cc1ccccc1-2. The van der Waals surface area contributed by atoms with Crippen LogP contribution in [0.1, 0.15) is 22.3 Å². The number of hydrogen-bond donors (Lipinski definition) is 0. The van der Waals surface area contributed by atoms with E-state index in [0.717, 1.165) is 24.0 Å². The number of imidazole rings is 1. The fourth-order valence-electron chi connectivity index (χ4n) is 6.69. The molecule has 2 aliphatic carbocycles. The Morgan fingerprint density at radius 2 is 1.29 bits per heavy atom. The van der Waals surface area contributed by atoms with Crippen molar-refractivity contribution in [3.05, 3.63) is 119 Å². The summed E-state index contributed by atoms with van der Waals surface area (Å²) < 4.78 is 2.44. The van der Waals surface area contributed by atoms with Gasteiger partial charge in [-0.2, -0.15) is 0 Å². The smallest absolute Gasteiger partial charge is 0.146 e. The number of fused-ring (bicyclic) bond motifs is 15. The molecule has 162 valence electrons. The zero-order valence-electron chi connectivity index (χ0n) is 19.0. The van der Waals surface area contributed by atoms with Crippen molar-refractivity contribution in [1.29, 1.82) is 0 Å². The van der Waals surface area contributed by atoms with E-state index in [2.05, 4.69) is 101 Å². The quantitative estimate of drug-likeness (QED) is 0.217. The van der Waals surface area contributed by atoms with E-state index in [1.54, 1.807) is 0 Å². The average Bonchev–Trinajstić information content (AvgIpc) is 3.58. The third-order valence-corrected chi connectivity index (χ3v) is 8.20. The maximum absolute atomic E-state index is 5.21. The Kier molecular flexibility index (Phi) is 3.16. The van der Waals surface area contributed by atoms with Gasteiger partial charge < -0.3 is 0 Å². The third-order valence-electron chi connectivity index (χ3n) is 8.20. The summed E-state index contributed by atoms with van der Waals surface area (Å²) in [5.41, 5.74) is 15.7. The molecular weight excluding hydrogens is 424 g/mol. The van der Waals surface area contributed by atoms with Gasteiger partial charge in [0.2, 0.25) is 0 Å². The van der Waals surface area contributed by atoms with Crippen LogP contribution < -0.4 is 0 Å². The van der Waals surface area contributed by atoms with Gasteiger partial charge in [-0.05, 0) is 80.6 Å². The molecule has 0 radical (unpaired) electrons. The first kappa shape index (κ1) is 18.0. The summed E-state index contributed by atoms with van der Waals surface area (Å²) in [6, 6.07) is 35.8. The normalized spacial score (nSPS) is 13.5. The van der Waals surface area contributed by atoms with Crippen LogP contribution in [-0.2, 0) is 12.8 Å². The van der Waals surface area contributed by atoms with Gasteiger partial charge in [-0.25, -0.2) is 4.98 Å². The van der Waals surface area contributed by atoms with Crippen LogP contribution in [0.25, 0.3) is 60.6 Å². The molecule has 7 aromatic rings. The lowest BCUT2D eigenvalue weighted by Gasteiger charge is -2.15. The monoisotopic (exact) mass is 444 g/mol. The molecule has 0 saturated heterocycles. The molecule has 0 spiro atoms. The number of para-hydroxylation sites is 2. The number of hydrogen-bond acceptors (Lipinski definition) is 1. The molecule has 2 heterocycles. The first-order valence-electron chi connectivity index (χ1n) is 12.3. The van der Waals surface area contributed by atoms with Gasteiger partial charge in [0.05, 0.1) is 16.6 Å². The summed E-state index contributed by atoms with van der Waals surface area (Å²) in [4.78, 5) is 5.21. The van der Waals surface area contributed by atoms with Gasteiger partial charge in [-0.3, -0.25) is 4.40 Å². The second-order valence-corrected chi connectivity index (χ2v) is 9.97. The van der Waals surface area contributed by atoms with Crippen LogP contribution in [0.15, 0.2) is 97.1 Å². The standard InChI is InChI=1S/C33H20N2/c1-4-10-23-19(7-1)15-21-17-29-27(18-26(21)23)25-14-13-24-22-9-3-2-8-20(22)16-28(24)32(25)35-31-12-6-5-11-30(31)34-33(29)35/h1-14,17-18H,15-16H2. The molecule has 2 nitrogen and oxygen atoms in total. The van der Waals surface area contributed by atoms with Crippen molar-refractivity contribution in [3.8, 4) is 22.3 Å². The molecule has 0 aliphatic heterocycles. The summed E-state index contributed by atoms with van der Waals surface area (Å²) in [7, 11) is 0. The number of rotatable bonds is 0. The average molecular weight is 445 g/mol. The molecular formula is C33H20N2. The predicted octanol–water partition coefficient (Wildman–Crippen LogP) is 7.94. The maximum Gasteiger partial charge on any atom is 0.146 e. The minimum Gasteiger partial charge on any atom is -0.291 e. The number of benzene rings is 5. The van der Waals surface area contributed by atoms with E-state index in [1.807, 2.05) is 0 Å². The largest absolute Gasteiger partial charge is 0.291 e. The van der Waals surface area contributed by atoms with Crippen molar-refractivity contribution in [2.24, 2.45) is 0 Å². The van der Waals surface area contributed by atoms with E-state index < -0.39 is 0 Å². The van der Waals surface area contributed by atoms with Gasteiger partial charge >= 0.3 is 0 Å². The first-order valence-corrected chi connectivity index (χ1v) is 12.3. The summed E-state index contributed by atoms with van der Waals surface area (Å²) in [5, 5.41) is 3.86. The van der Waals surface area contributed by atoms with Gasteiger partial charge in [0, 0.05) is 17.2 Å². The second-order valence-electron chi connectivity index (χ2n) is 9.97. The highest BCUT2D eigenvalue weighted by molar-refractivity contribution is 6.17. The summed E-state index contributed by atoms with van der Waals surface area (Å²) in [6.45, 7) is 0. The summed E-state index contributed by atoms with van der Waals surface area (Å²) in [5.74, 6) is 0. The van der Waals surface area contributed by atoms with E-state index in [-0.39, 0.29) is 0 Å². The third kappa shape index (κ3) is 2.18. The van der Waals surface area contributed by atoms with Crippen LogP contribution in [0, 0.1) is 0 Å². The Morgan fingerprint density at radius 3 is 2.17 bits per heavy atom. The Balaban J connectivity index is 1.51. The molecule has 0 fully saturated rings. The Bertz CT molecular complexity index is 2060. The summed E-state index contributed by atoms with van der Waals surface area (Å²) >= 11 is 0. The minimum absolute atomic E-state index is 0.962. The van der Waals surface area contributed by atoms with Crippen molar-refractivity contribution in [2.75, 3.05) is 0 Å². The van der Waals surface area contributed by atoms with Crippen molar-refractivity contribution in [2.45, 2.75) is 12.8 Å². The molecule has 9 rings (SSSR count). The van der Waals surface area contributed by atoms with E-state index in [0.29, 0.717) is 0 Å². The van der Waals surface area contributed by atoms with Crippen LogP contribution in [0.4, 0.5) is 0 Å². The Hall–Kier alpha value is -4.43. The highest BCUT2D eigenvalue weighted by Crippen LogP contribution is 2.46. The number of aromatic nitrogens is 2. The number of pyridine rings is 1. The van der Waals surface area contributed by atoms with Crippen molar-refractivity contribution < 1.29 is 0 Å². The van der Waals surface area contributed by atoms with Gasteiger partial charge in [0.1, 0.15) is 5.65 Å². The molecule has 2 aliphatic rings. The molecule has 5 aromatic carbocycles. The predicted molar refractivity (Wildman–Crippen MR) is 144 cm³/mol. The maximum atomic E-state index is 5.21. The van der Waals surface area contributed by atoms with E-state index in [4.69, 9.17) is 4.98 Å². The van der Waals surface area contributed by atoms with E-state index in [1.165, 1.54) is 71.7 Å². The zero-order chi connectivity index (χ0) is 22.7. The van der Waals surface area contributed by atoms with Crippen LogP contribution in [0.3, 0.4) is 0 Å². The van der Waals surface area contributed by atoms with Crippen molar-refractivity contribution in [1.82, 2.24) is 9.38 Å². The molecule has 2 heteroatoms. The lowest BCUT2D eigenvalue weighted by Crippen LogP contribution is -1.97. The minimum atomic E-state index is 0.962. The Labute approximate surface area is 202 Å². The summed E-state index contributed by atoms with van der Waals surface area (Å²) in [6.07, 6.45) is 1.95. The van der Waals surface area contributed by atoms with Crippen LogP contribution in [0.5, 0.6) is 0 Å². The molecule has 0 amide bonds. The first-order chi connectivity index (χ1) is 17.3. The highest BCUT2D eigenvalue weighted by atomic mass is 15.0. The van der Waals surface area contributed by atoms with E-state index >= 15 is 0 Å². The van der Waals surface area contributed by atoms with Gasteiger partial charge in [0.25, 0.3) is 0 Å². The van der Waals surface area contributed by atoms with Gasteiger partial charge in [-0.1, -0.05) is 72.8 Å². The molecule has 0 atom stereocenters. The Morgan fingerprint density at radius 1 is 0.543 bits per heavy atom. The van der Waals surface area contributed by atoms with Crippen LogP contribution >= 0.6 is 0 Å². The van der Waals surface area contributed by atoms with Crippen LogP contribution in [-0.4, -0.2) is 9.38 Å². The fraction of sp³-hybridized carbons (Fsp3) is 0.0606. The molecule has 0 N–H and O–H groups in total. The zero-order valence-corrected chi connectivity index (χ0v) is 19.0. The van der Waals surface area contributed by atoms with Crippen molar-refractivity contribution in [3.63, 3.8) is 0 Å². The molecule has 0 bridgehead atoms.